The number of nitrogens with zero attached hydrogens (tertiary/aromatic N) is 2. The maximum Gasteiger partial charge on any atom is 0.302 e. The fourth-order valence-electron chi connectivity index (χ4n) is 3.22. The van der Waals surface area contributed by atoms with Crippen LogP contribution in [0.5, 0.6) is 11.5 Å². The summed E-state index contributed by atoms with van der Waals surface area (Å²) in [5.41, 5.74) is 15.8. The van der Waals surface area contributed by atoms with E-state index in [-0.39, 0.29) is 36.2 Å². The molecule has 0 bridgehead atoms. The fraction of sp³-hybridized carbons (Fsp3) is 0.250. The van der Waals surface area contributed by atoms with Crippen molar-refractivity contribution in [3.63, 3.8) is 0 Å². The van der Waals surface area contributed by atoms with E-state index in [1.165, 1.54) is 26.2 Å². The topological polar surface area (TPSA) is 181 Å². The van der Waals surface area contributed by atoms with Crippen molar-refractivity contribution < 1.29 is 23.4 Å². The Hall–Kier alpha value is -4.81. The number of rotatable bonds is 11. The standard InChI is InChI=1S/C24H29FN8O4/c1-14(34)36-10-11-37-19-13-17(35-2)12-18(20(19)25)21(23(28)32-33-24-29-8-3-9-30-24)31-16-6-4-15(5-7-16)22(26)27/h3-8,12-13,21,31H,9-11H2,1-2H3,(H3,26,27)(H2,28,32)(H2,29,30,33)/t21-/m1/s1. The minimum atomic E-state index is -0.985. The third-order valence-corrected chi connectivity index (χ3v) is 5.02. The number of anilines is 1. The highest BCUT2D eigenvalue weighted by Crippen LogP contribution is 2.33. The van der Waals surface area contributed by atoms with Gasteiger partial charge in [0.25, 0.3) is 0 Å². The molecule has 0 aliphatic carbocycles. The number of hydrogen-bond donors (Lipinski definition) is 6. The molecule has 13 heteroatoms. The normalized spacial score (nSPS) is 13.6. The van der Waals surface area contributed by atoms with Crippen LogP contribution in [0.4, 0.5) is 10.1 Å². The summed E-state index contributed by atoms with van der Waals surface area (Å²) < 4.78 is 31.4. The predicted molar refractivity (Wildman–Crippen MR) is 138 cm³/mol. The van der Waals surface area contributed by atoms with Gasteiger partial charge in [0, 0.05) is 42.5 Å². The van der Waals surface area contributed by atoms with Crippen molar-refractivity contribution in [2.45, 2.75) is 13.0 Å². The molecule has 1 atom stereocenters. The Morgan fingerprint density at radius 2 is 2.03 bits per heavy atom. The Morgan fingerprint density at radius 3 is 2.65 bits per heavy atom. The van der Waals surface area contributed by atoms with Crippen molar-refractivity contribution in [2.75, 3.05) is 32.2 Å². The van der Waals surface area contributed by atoms with Crippen LogP contribution in [0, 0.1) is 11.2 Å². The minimum Gasteiger partial charge on any atom is -0.497 e. The largest absolute Gasteiger partial charge is 0.497 e. The Balaban J connectivity index is 1.96. The smallest absolute Gasteiger partial charge is 0.302 e. The highest BCUT2D eigenvalue weighted by Gasteiger charge is 2.25. The van der Waals surface area contributed by atoms with Gasteiger partial charge in [-0.25, -0.2) is 14.8 Å². The summed E-state index contributed by atoms with van der Waals surface area (Å²) in [7, 11) is 1.43. The summed E-state index contributed by atoms with van der Waals surface area (Å²) in [6.07, 6.45) is 3.43. The first kappa shape index (κ1) is 26.8. The Labute approximate surface area is 213 Å². The summed E-state index contributed by atoms with van der Waals surface area (Å²) in [6.45, 7) is 1.70. The van der Waals surface area contributed by atoms with Crippen LogP contribution in [0.2, 0.25) is 0 Å². The highest BCUT2D eigenvalue weighted by atomic mass is 19.1. The number of halogens is 1. The molecule has 0 amide bonds. The van der Waals surface area contributed by atoms with E-state index in [2.05, 4.69) is 26.2 Å². The second-order valence-corrected chi connectivity index (χ2v) is 7.68. The predicted octanol–water partition coefficient (Wildman–Crippen LogP) is 1.55. The molecule has 0 saturated heterocycles. The average Bonchev–Trinajstić information content (AvgIpc) is 2.90. The highest BCUT2D eigenvalue weighted by molar-refractivity contribution is 5.95. The summed E-state index contributed by atoms with van der Waals surface area (Å²) in [6, 6.07) is 8.51. The third kappa shape index (κ3) is 7.59. The molecule has 3 rings (SSSR count). The van der Waals surface area contributed by atoms with E-state index in [0.717, 1.165) is 0 Å². The SMILES string of the molecule is COc1cc(OCCOC(C)=O)c(F)c([C@@H](Nc2ccc(C(=N)N)cc2)/C(N)=N/NC2=NC=CCN2)c1. The second kappa shape index (κ2) is 12.8. The van der Waals surface area contributed by atoms with Gasteiger partial charge in [0.2, 0.25) is 5.96 Å². The van der Waals surface area contributed by atoms with Crippen LogP contribution in [0.3, 0.4) is 0 Å². The molecular formula is C24H29FN8O4. The Bertz CT molecular complexity index is 1210. The van der Waals surface area contributed by atoms with Crippen molar-refractivity contribution in [3.8, 4) is 11.5 Å². The summed E-state index contributed by atoms with van der Waals surface area (Å²) >= 11 is 0. The number of nitrogens with two attached hydrogens (primary N) is 2. The number of aliphatic imine (C=N–C) groups is 1. The zero-order valence-electron chi connectivity index (χ0n) is 20.4. The van der Waals surface area contributed by atoms with Gasteiger partial charge in [-0.15, -0.1) is 0 Å². The molecule has 37 heavy (non-hydrogen) atoms. The van der Waals surface area contributed by atoms with Crippen molar-refractivity contribution in [2.24, 2.45) is 21.6 Å². The lowest BCUT2D eigenvalue weighted by Crippen LogP contribution is -2.38. The molecule has 0 fully saturated rings. The number of guanidine groups is 1. The molecular weight excluding hydrogens is 483 g/mol. The summed E-state index contributed by atoms with van der Waals surface area (Å²) in [4.78, 5) is 15.1. The number of ether oxygens (including phenoxy) is 3. The van der Waals surface area contributed by atoms with E-state index in [0.29, 0.717) is 29.5 Å². The second-order valence-electron chi connectivity index (χ2n) is 7.68. The Kier molecular flexibility index (Phi) is 9.24. The van der Waals surface area contributed by atoms with Crippen LogP contribution in [0.1, 0.15) is 24.1 Å². The van der Waals surface area contributed by atoms with E-state index >= 15 is 4.39 Å². The summed E-state index contributed by atoms with van der Waals surface area (Å²) in [5.74, 6) is -0.734. The van der Waals surface area contributed by atoms with Gasteiger partial charge in [-0.1, -0.05) is 0 Å². The lowest BCUT2D eigenvalue weighted by atomic mass is 10.0. The Morgan fingerprint density at radius 1 is 1.27 bits per heavy atom. The molecule has 0 unspecified atom stereocenters. The van der Waals surface area contributed by atoms with Gasteiger partial charge < -0.3 is 36.3 Å². The number of carbonyl (C=O) groups excluding carboxylic acids is 1. The molecule has 1 aliphatic heterocycles. The van der Waals surface area contributed by atoms with Gasteiger partial charge in [-0.2, -0.15) is 5.10 Å². The molecule has 8 N–H and O–H groups in total. The number of hydrogen-bond acceptors (Lipinski definition) is 10. The van der Waals surface area contributed by atoms with Gasteiger partial charge >= 0.3 is 5.97 Å². The van der Waals surface area contributed by atoms with Gasteiger partial charge in [-0.3, -0.25) is 10.2 Å². The fourth-order valence-corrected chi connectivity index (χ4v) is 3.22. The van der Waals surface area contributed by atoms with Crippen molar-refractivity contribution in [1.82, 2.24) is 10.7 Å². The maximum atomic E-state index is 15.7. The number of nitrogens with one attached hydrogen (secondary N) is 4. The number of methoxy groups -OCH3 is 1. The lowest BCUT2D eigenvalue weighted by molar-refractivity contribution is -0.141. The summed E-state index contributed by atoms with van der Waals surface area (Å²) in [5, 5.41) is 17.9. The van der Waals surface area contributed by atoms with E-state index in [1.807, 2.05) is 6.08 Å². The first-order chi connectivity index (χ1) is 17.8. The molecule has 0 radical (unpaired) electrons. The van der Waals surface area contributed by atoms with E-state index in [1.54, 1.807) is 30.5 Å². The van der Waals surface area contributed by atoms with Crippen LogP contribution >= 0.6 is 0 Å². The van der Waals surface area contributed by atoms with Gasteiger partial charge in [-0.05, 0) is 36.4 Å². The number of hydrazone groups is 1. The van der Waals surface area contributed by atoms with Crippen LogP contribution in [-0.4, -0.2) is 50.5 Å². The third-order valence-electron chi connectivity index (χ3n) is 5.02. The zero-order chi connectivity index (χ0) is 26.8. The van der Waals surface area contributed by atoms with Crippen molar-refractivity contribution in [1.29, 1.82) is 5.41 Å². The van der Waals surface area contributed by atoms with Crippen LogP contribution < -0.4 is 37.0 Å². The minimum absolute atomic E-state index is 0.0206. The van der Waals surface area contributed by atoms with Gasteiger partial charge in [0.05, 0.1) is 7.11 Å². The van der Waals surface area contributed by atoms with Gasteiger partial charge in [0.15, 0.2) is 11.6 Å². The first-order valence-corrected chi connectivity index (χ1v) is 11.2. The molecule has 2 aromatic carbocycles. The van der Waals surface area contributed by atoms with E-state index in [4.69, 9.17) is 31.1 Å². The first-order valence-electron chi connectivity index (χ1n) is 11.2. The molecule has 0 aromatic heterocycles. The lowest BCUT2D eigenvalue weighted by Gasteiger charge is -2.23. The number of nitrogen functional groups attached to an aromatic ring is 1. The molecule has 1 aliphatic rings. The van der Waals surface area contributed by atoms with E-state index in [9.17, 15) is 4.79 Å². The zero-order valence-corrected chi connectivity index (χ0v) is 20.4. The van der Waals surface area contributed by atoms with Crippen molar-refractivity contribution >= 4 is 29.3 Å². The van der Waals surface area contributed by atoms with Crippen LogP contribution in [0.25, 0.3) is 0 Å². The quantitative estimate of drug-likeness (QED) is 0.0855. The van der Waals surface area contributed by atoms with Crippen molar-refractivity contribution in [3.05, 3.63) is 65.6 Å². The van der Waals surface area contributed by atoms with Crippen LogP contribution in [0.15, 0.2) is 58.8 Å². The molecule has 12 nitrogen and oxygen atoms in total. The number of benzene rings is 2. The number of carbonyl (C=O) groups is 1. The average molecular weight is 513 g/mol. The monoisotopic (exact) mass is 512 g/mol. The molecule has 0 spiro atoms. The number of amidine groups is 2. The van der Waals surface area contributed by atoms with Crippen LogP contribution in [-0.2, 0) is 9.53 Å². The van der Waals surface area contributed by atoms with Gasteiger partial charge in [0.1, 0.15) is 36.7 Å². The molecule has 2 aromatic rings. The van der Waals surface area contributed by atoms with E-state index < -0.39 is 17.8 Å². The number of esters is 1. The molecule has 196 valence electrons. The molecule has 1 heterocycles. The molecule has 0 saturated carbocycles. The maximum absolute atomic E-state index is 15.7.